The topological polar surface area (TPSA) is 83.0 Å². The van der Waals surface area contributed by atoms with E-state index in [0.717, 1.165) is 63.4 Å². The number of carbonyl (C=O) groups is 2. The average Bonchev–Trinajstić information content (AvgIpc) is 3.29. The number of aliphatic carboxylic acids is 1. The first kappa shape index (κ1) is 24.1. The molecule has 2 aliphatic heterocycles. The monoisotopic (exact) mass is 471 g/mol. The second kappa shape index (κ2) is 10.4. The molecule has 7 nitrogen and oxygen atoms in total. The molecule has 4 rings (SSSR count). The Morgan fingerprint density at radius 3 is 2.47 bits per heavy atom. The summed E-state index contributed by atoms with van der Waals surface area (Å²) in [6.45, 7) is 5.02. The molecule has 1 amide bonds. The molecule has 0 saturated carbocycles. The summed E-state index contributed by atoms with van der Waals surface area (Å²) in [6, 6.07) is 7.96. The van der Waals surface area contributed by atoms with Crippen LogP contribution in [0.1, 0.15) is 28.9 Å². The summed E-state index contributed by atoms with van der Waals surface area (Å²) in [5.74, 6) is -2.61. The zero-order valence-corrected chi connectivity index (χ0v) is 18.1. The SMILES string of the molecule is O=C(O)C(F)(F)F.O=C(c1ccsc1)N1CCC2(CC1)CN(Cc1ccccn1)CCO2. The number of aromatic nitrogens is 1. The Balaban J connectivity index is 0.000000360. The number of carboxylic acid groups (broad SMARTS) is 1. The standard InChI is InChI=1S/C19H23N3O2S.C2HF3O2/c23-18(16-4-12-25-14-16)22-8-5-19(6-9-22)15-21(10-11-24-19)13-17-3-1-2-7-20-17;3-2(4,5)1(6)7/h1-4,7,12,14H,5-6,8-11,13,15H2;(H,6,7). The van der Waals surface area contributed by atoms with E-state index in [-0.39, 0.29) is 11.5 Å². The van der Waals surface area contributed by atoms with Crippen LogP contribution in [0.25, 0.3) is 0 Å². The summed E-state index contributed by atoms with van der Waals surface area (Å²) in [4.78, 5) is 30.2. The van der Waals surface area contributed by atoms with Crippen LogP contribution in [0.2, 0.25) is 0 Å². The number of piperidine rings is 1. The summed E-state index contributed by atoms with van der Waals surface area (Å²) in [6.07, 6.45) is -1.43. The van der Waals surface area contributed by atoms with Gasteiger partial charge in [-0.25, -0.2) is 4.79 Å². The van der Waals surface area contributed by atoms with E-state index < -0.39 is 12.1 Å². The van der Waals surface area contributed by atoms with Crippen LogP contribution in [0.3, 0.4) is 0 Å². The van der Waals surface area contributed by atoms with Crippen molar-refractivity contribution >= 4 is 23.2 Å². The number of nitrogens with zero attached hydrogens (tertiary/aromatic N) is 3. The van der Waals surface area contributed by atoms with Gasteiger partial charge in [0, 0.05) is 44.3 Å². The first-order valence-corrected chi connectivity index (χ1v) is 11.0. The van der Waals surface area contributed by atoms with E-state index in [4.69, 9.17) is 14.6 Å². The van der Waals surface area contributed by atoms with Gasteiger partial charge in [0.05, 0.1) is 23.5 Å². The van der Waals surface area contributed by atoms with Crippen LogP contribution in [0.4, 0.5) is 13.2 Å². The van der Waals surface area contributed by atoms with Crippen molar-refractivity contribution in [3.05, 3.63) is 52.5 Å². The molecular formula is C21H24F3N3O4S. The van der Waals surface area contributed by atoms with Crippen LogP contribution in [-0.4, -0.2) is 76.3 Å². The Bertz CT molecular complexity index is 885. The van der Waals surface area contributed by atoms with Gasteiger partial charge in [-0.15, -0.1) is 0 Å². The van der Waals surface area contributed by atoms with Gasteiger partial charge in [-0.3, -0.25) is 14.7 Å². The van der Waals surface area contributed by atoms with Crippen molar-refractivity contribution in [1.29, 1.82) is 0 Å². The van der Waals surface area contributed by atoms with E-state index in [1.54, 1.807) is 11.3 Å². The Morgan fingerprint density at radius 2 is 1.91 bits per heavy atom. The number of carbonyl (C=O) groups excluding carboxylic acids is 1. The van der Waals surface area contributed by atoms with Crippen molar-refractivity contribution in [2.75, 3.05) is 32.8 Å². The summed E-state index contributed by atoms with van der Waals surface area (Å²) in [5, 5.41) is 11.0. The van der Waals surface area contributed by atoms with Crippen LogP contribution in [-0.2, 0) is 16.1 Å². The lowest BCUT2D eigenvalue weighted by atomic mass is 9.89. The maximum atomic E-state index is 12.5. The maximum Gasteiger partial charge on any atom is 0.490 e. The number of likely N-dealkylation sites (tertiary alicyclic amines) is 1. The van der Waals surface area contributed by atoms with Crippen LogP contribution in [0, 0.1) is 0 Å². The van der Waals surface area contributed by atoms with E-state index in [9.17, 15) is 18.0 Å². The second-order valence-electron chi connectivity index (χ2n) is 7.67. The average molecular weight is 472 g/mol. The molecular weight excluding hydrogens is 447 g/mol. The van der Waals surface area contributed by atoms with Crippen molar-refractivity contribution in [2.45, 2.75) is 31.2 Å². The lowest BCUT2D eigenvalue weighted by molar-refractivity contribution is -0.192. The largest absolute Gasteiger partial charge is 0.490 e. The molecule has 0 bridgehead atoms. The fourth-order valence-electron chi connectivity index (χ4n) is 3.77. The van der Waals surface area contributed by atoms with E-state index in [1.807, 2.05) is 40.1 Å². The molecule has 1 spiro atoms. The Hall–Kier alpha value is -2.50. The quantitative estimate of drug-likeness (QED) is 0.740. The molecule has 4 heterocycles. The molecule has 0 aromatic carbocycles. The minimum Gasteiger partial charge on any atom is -0.475 e. The molecule has 0 unspecified atom stereocenters. The highest BCUT2D eigenvalue weighted by molar-refractivity contribution is 7.08. The van der Waals surface area contributed by atoms with Crippen molar-refractivity contribution in [3.63, 3.8) is 0 Å². The van der Waals surface area contributed by atoms with Gasteiger partial charge in [0.25, 0.3) is 5.91 Å². The molecule has 2 aromatic rings. The third-order valence-corrected chi connectivity index (χ3v) is 6.10. The van der Waals surface area contributed by atoms with Gasteiger partial charge >= 0.3 is 12.1 Å². The normalized spacial score (nSPS) is 18.7. The minimum atomic E-state index is -5.08. The van der Waals surface area contributed by atoms with Crippen LogP contribution in [0.5, 0.6) is 0 Å². The molecule has 0 atom stereocenters. The molecule has 0 radical (unpaired) electrons. The number of amides is 1. The fourth-order valence-corrected chi connectivity index (χ4v) is 4.40. The maximum absolute atomic E-state index is 12.5. The van der Waals surface area contributed by atoms with Crippen molar-refractivity contribution in [2.24, 2.45) is 0 Å². The Kier molecular flexibility index (Phi) is 7.86. The number of carboxylic acids is 1. The molecule has 174 valence electrons. The lowest BCUT2D eigenvalue weighted by Gasteiger charge is -2.47. The van der Waals surface area contributed by atoms with Gasteiger partial charge in [0.15, 0.2) is 0 Å². The summed E-state index contributed by atoms with van der Waals surface area (Å²) >= 11 is 1.57. The fraction of sp³-hybridized carbons (Fsp3) is 0.476. The van der Waals surface area contributed by atoms with E-state index in [0.29, 0.717) is 0 Å². The Morgan fingerprint density at radius 1 is 1.19 bits per heavy atom. The van der Waals surface area contributed by atoms with Gasteiger partial charge in [0.1, 0.15) is 0 Å². The number of thiophene rings is 1. The first-order chi connectivity index (χ1) is 15.2. The van der Waals surface area contributed by atoms with Gasteiger partial charge in [-0.1, -0.05) is 6.07 Å². The number of morpholine rings is 1. The molecule has 2 fully saturated rings. The number of hydrogen-bond donors (Lipinski definition) is 1. The van der Waals surface area contributed by atoms with E-state index in [2.05, 4.69) is 16.0 Å². The predicted octanol–water partition coefficient (Wildman–Crippen LogP) is 3.28. The third-order valence-electron chi connectivity index (χ3n) is 5.41. The number of pyridine rings is 1. The van der Waals surface area contributed by atoms with Gasteiger partial charge in [0.2, 0.25) is 0 Å². The number of hydrogen-bond acceptors (Lipinski definition) is 6. The zero-order valence-electron chi connectivity index (χ0n) is 17.3. The van der Waals surface area contributed by atoms with Gasteiger partial charge in [-0.05, 0) is 36.4 Å². The van der Waals surface area contributed by atoms with Gasteiger partial charge in [-0.2, -0.15) is 24.5 Å². The highest BCUT2D eigenvalue weighted by atomic mass is 32.1. The third kappa shape index (κ3) is 6.50. The number of halogens is 3. The van der Waals surface area contributed by atoms with Crippen LogP contribution >= 0.6 is 11.3 Å². The summed E-state index contributed by atoms with van der Waals surface area (Å²) in [7, 11) is 0. The highest BCUT2D eigenvalue weighted by Gasteiger charge is 2.41. The van der Waals surface area contributed by atoms with E-state index in [1.165, 1.54) is 0 Å². The van der Waals surface area contributed by atoms with Crippen LogP contribution in [0.15, 0.2) is 41.2 Å². The first-order valence-electron chi connectivity index (χ1n) is 10.1. The lowest BCUT2D eigenvalue weighted by Crippen LogP contribution is -2.57. The van der Waals surface area contributed by atoms with Crippen molar-refractivity contribution in [1.82, 2.24) is 14.8 Å². The molecule has 11 heteroatoms. The minimum absolute atomic E-state index is 0.113. The molecule has 2 aliphatic rings. The van der Waals surface area contributed by atoms with E-state index >= 15 is 0 Å². The molecule has 2 saturated heterocycles. The molecule has 2 aromatic heterocycles. The van der Waals surface area contributed by atoms with Crippen LogP contribution < -0.4 is 0 Å². The second-order valence-corrected chi connectivity index (χ2v) is 8.45. The summed E-state index contributed by atoms with van der Waals surface area (Å²) in [5.41, 5.74) is 1.80. The number of alkyl halides is 3. The van der Waals surface area contributed by atoms with Crippen molar-refractivity contribution < 1.29 is 32.6 Å². The molecule has 0 aliphatic carbocycles. The number of ether oxygens (including phenoxy) is 1. The smallest absolute Gasteiger partial charge is 0.475 e. The Labute approximate surface area is 187 Å². The number of rotatable bonds is 3. The molecule has 1 N–H and O–H groups in total. The van der Waals surface area contributed by atoms with Crippen molar-refractivity contribution in [3.8, 4) is 0 Å². The van der Waals surface area contributed by atoms with Gasteiger partial charge < -0.3 is 14.7 Å². The highest BCUT2D eigenvalue weighted by Crippen LogP contribution is 2.31. The predicted molar refractivity (Wildman–Crippen MR) is 111 cm³/mol. The summed E-state index contributed by atoms with van der Waals surface area (Å²) < 4.78 is 37.9. The zero-order chi connectivity index (χ0) is 23.2. The molecule has 32 heavy (non-hydrogen) atoms.